The lowest BCUT2D eigenvalue weighted by Crippen LogP contribution is -2.41. The molecular formula is C20H22N4O4S. The lowest BCUT2D eigenvalue weighted by molar-refractivity contribution is -0.117. The topological polar surface area (TPSA) is 102 Å². The zero-order valence-electron chi connectivity index (χ0n) is 16.2. The number of carbonyl (C=O) groups is 2. The van der Waals surface area contributed by atoms with Crippen molar-refractivity contribution in [3.05, 3.63) is 56.5 Å². The molecular weight excluding hydrogens is 392 g/mol. The van der Waals surface area contributed by atoms with Crippen LogP contribution in [0.1, 0.15) is 26.7 Å². The van der Waals surface area contributed by atoms with Crippen molar-refractivity contribution >= 4 is 44.7 Å². The van der Waals surface area contributed by atoms with Gasteiger partial charge in [0.1, 0.15) is 11.2 Å². The summed E-state index contributed by atoms with van der Waals surface area (Å²) in [5.41, 5.74) is 0.709. The van der Waals surface area contributed by atoms with E-state index in [1.54, 1.807) is 35.7 Å². The third-order valence-electron chi connectivity index (χ3n) is 4.34. The van der Waals surface area contributed by atoms with Gasteiger partial charge in [-0.2, -0.15) is 0 Å². The second-order valence-electron chi connectivity index (χ2n) is 6.62. The van der Waals surface area contributed by atoms with Gasteiger partial charge in [0.05, 0.1) is 5.52 Å². The molecule has 0 saturated carbocycles. The maximum atomic E-state index is 12.9. The molecule has 0 aliphatic rings. The van der Waals surface area contributed by atoms with Crippen LogP contribution in [0.25, 0.3) is 10.2 Å². The third-order valence-corrected chi connectivity index (χ3v) is 5.23. The molecule has 2 heterocycles. The summed E-state index contributed by atoms with van der Waals surface area (Å²) in [6.45, 7) is 3.48. The quantitative estimate of drug-likeness (QED) is 0.620. The molecule has 8 nitrogen and oxygen atoms in total. The molecule has 152 valence electrons. The van der Waals surface area contributed by atoms with Crippen LogP contribution in [-0.2, 0) is 22.7 Å². The van der Waals surface area contributed by atoms with Crippen LogP contribution in [0.4, 0.5) is 11.4 Å². The molecule has 0 fully saturated rings. The summed E-state index contributed by atoms with van der Waals surface area (Å²) in [5.74, 6) is -0.616. The maximum absolute atomic E-state index is 12.9. The number of carbonyl (C=O) groups excluding carboxylic acids is 2. The van der Waals surface area contributed by atoms with Crippen LogP contribution in [-0.4, -0.2) is 20.9 Å². The monoisotopic (exact) mass is 414 g/mol. The van der Waals surface area contributed by atoms with E-state index in [0.717, 1.165) is 6.42 Å². The highest BCUT2D eigenvalue weighted by atomic mass is 32.1. The zero-order valence-corrected chi connectivity index (χ0v) is 17.0. The van der Waals surface area contributed by atoms with Crippen molar-refractivity contribution in [2.45, 2.75) is 39.8 Å². The fourth-order valence-electron chi connectivity index (χ4n) is 3.02. The number of hydrogen-bond acceptors (Lipinski definition) is 5. The summed E-state index contributed by atoms with van der Waals surface area (Å²) in [4.78, 5) is 49.3. The van der Waals surface area contributed by atoms with Gasteiger partial charge in [0.2, 0.25) is 11.8 Å². The van der Waals surface area contributed by atoms with Crippen molar-refractivity contribution in [1.29, 1.82) is 0 Å². The van der Waals surface area contributed by atoms with Gasteiger partial charge in [0.15, 0.2) is 0 Å². The highest BCUT2D eigenvalue weighted by Crippen LogP contribution is 2.17. The van der Waals surface area contributed by atoms with Crippen LogP contribution >= 0.6 is 11.3 Å². The van der Waals surface area contributed by atoms with Crippen LogP contribution in [0.5, 0.6) is 0 Å². The number of nitrogens with zero attached hydrogens (tertiary/aromatic N) is 2. The largest absolute Gasteiger partial charge is 0.332 e. The standard InChI is InChI=1S/C20H22N4O4S/c1-3-4-9-23-19(27)18-16(8-10-29-18)24(20(23)28)12-17(26)22-15-7-5-6-14(11-15)21-13(2)25/h5-8,10-11H,3-4,9,12H2,1-2H3,(H,21,25)(H,22,26). The summed E-state index contributed by atoms with van der Waals surface area (Å²) < 4.78 is 2.99. The van der Waals surface area contributed by atoms with Gasteiger partial charge < -0.3 is 10.6 Å². The molecule has 0 saturated heterocycles. The maximum Gasteiger partial charge on any atom is 0.332 e. The van der Waals surface area contributed by atoms with Crippen LogP contribution in [0, 0.1) is 0 Å². The van der Waals surface area contributed by atoms with Gasteiger partial charge in [0.25, 0.3) is 5.56 Å². The average Bonchev–Trinajstić information content (AvgIpc) is 3.15. The highest BCUT2D eigenvalue weighted by molar-refractivity contribution is 7.17. The molecule has 2 amide bonds. The van der Waals surface area contributed by atoms with Gasteiger partial charge >= 0.3 is 5.69 Å². The molecule has 3 rings (SSSR count). The number of aromatic nitrogens is 2. The third kappa shape index (κ3) is 4.62. The summed E-state index contributed by atoms with van der Waals surface area (Å²) in [7, 11) is 0. The first-order valence-corrected chi connectivity index (χ1v) is 10.2. The minimum absolute atomic E-state index is 0.214. The Bertz CT molecular complexity index is 1180. The number of amides is 2. The van der Waals surface area contributed by atoms with Gasteiger partial charge in [-0.25, -0.2) is 4.79 Å². The molecule has 0 spiro atoms. The number of fused-ring (bicyclic) bond motifs is 1. The normalized spacial score (nSPS) is 10.8. The van der Waals surface area contributed by atoms with Crippen LogP contribution in [0.2, 0.25) is 0 Å². The first kappa shape index (κ1) is 20.5. The number of hydrogen-bond donors (Lipinski definition) is 2. The van der Waals surface area contributed by atoms with E-state index in [2.05, 4.69) is 10.6 Å². The Morgan fingerprint density at radius 3 is 2.48 bits per heavy atom. The predicted octanol–water partition coefficient (Wildman–Crippen LogP) is 2.62. The number of rotatable bonds is 7. The highest BCUT2D eigenvalue weighted by Gasteiger charge is 2.16. The Hall–Kier alpha value is -3.20. The van der Waals surface area contributed by atoms with E-state index in [-0.39, 0.29) is 18.0 Å². The number of nitrogens with one attached hydrogen (secondary N) is 2. The van der Waals surface area contributed by atoms with Gasteiger partial charge in [-0.3, -0.25) is 23.5 Å². The van der Waals surface area contributed by atoms with Crippen molar-refractivity contribution < 1.29 is 9.59 Å². The fourth-order valence-corrected chi connectivity index (χ4v) is 3.86. The molecule has 1 aromatic carbocycles. The van der Waals surface area contributed by atoms with Crippen molar-refractivity contribution in [1.82, 2.24) is 9.13 Å². The molecule has 2 N–H and O–H groups in total. The van der Waals surface area contributed by atoms with Gasteiger partial charge in [-0.15, -0.1) is 11.3 Å². The van der Waals surface area contributed by atoms with Crippen molar-refractivity contribution in [3.63, 3.8) is 0 Å². The number of unbranched alkanes of at least 4 members (excludes halogenated alkanes) is 1. The van der Waals surface area contributed by atoms with E-state index in [9.17, 15) is 19.2 Å². The van der Waals surface area contributed by atoms with E-state index in [1.165, 1.54) is 27.4 Å². The lowest BCUT2D eigenvalue weighted by atomic mass is 10.2. The van der Waals surface area contributed by atoms with Gasteiger partial charge in [-0.05, 0) is 36.1 Å². The molecule has 9 heteroatoms. The summed E-state index contributed by atoms with van der Waals surface area (Å²) in [6, 6.07) is 8.41. The molecule has 0 radical (unpaired) electrons. The summed E-state index contributed by atoms with van der Waals surface area (Å²) >= 11 is 1.26. The van der Waals surface area contributed by atoms with Crippen LogP contribution in [0.15, 0.2) is 45.3 Å². The summed E-state index contributed by atoms with van der Waals surface area (Å²) in [5, 5.41) is 7.12. The molecule has 0 unspecified atom stereocenters. The lowest BCUT2D eigenvalue weighted by Gasteiger charge is -2.12. The Balaban J connectivity index is 1.89. The SMILES string of the molecule is CCCCn1c(=O)c2sccc2n(CC(=O)Nc2cccc(NC(C)=O)c2)c1=O. The number of benzene rings is 1. The molecule has 0 aliphatic carbocycles. The second-order valence-corrected chi connectivity index (χ2v) is 7.54. The minimum Gasteiger partial charge on any atom is -0.326 e. The first-order chi connectivity index (χ1) is 13.9. The van der Waals surface area contributed by atoms with Crippen molar-refractivity contribution in [3.8, 4) is 0 Å². The Labute approximate surface area is 170 Å². The van der Waals surface area contributed by atoms with Gasteiger partial charge in [-0.1, -0.05) is 19.4 Å². The zero-order chi connectivity index (χ0) is 21.0. The number of thiophene rings is 1. The molecule has 3 aromatic rings. The van der Waals surface area contributed by atoms with Gasteiger partial charge in [0, 0.05) is 24.8 Å². The second kappa shape index (κ2) is 8.87. The Morgan fingerprint density at radius 2 is 1.79 bits per heavy atom. The van der Waals surface area contributed by atoms with Crippen LogP contribution in [0.3, 0.4) is 0 Å². The average molecular weight is 414 g/mol. The van der Waals surface area contributed by atoms with Crippen molar-refractivity contribution in [2.24, 2.45) is 0 Å². The molecule has 0 atom stereocenters. The molecule has 2 aromatic heterocycles. The summed E-state index contributed by atoms with van der Waals surface area (Å²) in [6.07, 6.45) is 1.55. The first-order valence-electron chi connectivity index (χ1n) is 9.29. The predicted molar refractivity (Wildman–Crippen MR) is 115 cm³/mol. The van der Waals surface area contributed by atoms with Crippen LogP contribution < -0.4 is 21.9 Å². The van der Waals surface area contributed by atoms with E-state index in [4.69, 9.17) is 0 Å². The fraction of sp³-hybridized carbons (Fsp3) is 0.300. The Kier molecular flexibility index (Phi) is 6.28. The molecule has 29 heavy (non-hydrogen) atoms. The van der Waals surface area contributed by atoms with E-state index in [1.807, 2.05) is 6.92 Å². The van der Waals surface area contributed by atoms with E-state index < -0.39 is 11.6 Å². The molecule has 0 aliphatic heterocycles. The molecule has 0 bridgehead atoms. The number of anilines is 2. The van der Waals surface area contributed by atoms with E-state index in [0.29, 0.717) is 34.6 Å². The minimum atomic E-state index is -0.489. The Morgan fingerprint density at radius 1 is 1.07 bits per heavy atom. The smallest absolute Gasteiger partial charge is 0.326 e. The van der Waals surface area contributed by atoms with E-state index >= 15 is 0 Å². The van der Waals surface area contributed by atoms with Crippen molar-refractivity contribution in [2.75, 3.05) is 10.6 Å².